The fourth-order valence-corrected chi connectivity index (χ4v) is 5.76. The summed E-state index contributed by atoms with van der Waals surface area (Å²) in [5.74, 6) is 1.25. The lowest BCUT2D eigenvalue weighted by molar-refractivity contribution is 0.515. The number of rotatable bonds is 6. The summed E-state index contributed by atoms with van der Waals surface area (Å²) in [6, 6.07) is 4.96. The SMILES string of the molecule is CCNC(Cc1ccc(CC)cn1)C1CSC(C)C(C)S1. The van der Waals surface area contributed by atoms with Crippen LogP contribution in [0.4, 0.5) is 0 Å². The highest BCUT2D eigenvalue weighted by Gasteiger charge is 2.31. The molecule has 1 aromatic heterocycles. The zero-order valence-corrected chi connectivity index (χ0v) is 15.3. The molecule has 0 bridgehead atoms. The predicted molar refractivity (Wildman–Crippen MR) is 97.5 cm³/mol. The summed E-state index contributed by atoms with van der Waals surface area (Å²) in [7, 11) is 0. The maximum Gasteiger partial charge on any atom is 0.0419 e. The first-order valence-corrected chi connectivity index (χ1v) is 10.1. The molecule has 0 amide bonds. The first kappa shape index (κ1) is 17.2. The largest absolute Gasteiger partial charge is 0.313 e. The Balaban J connectivity index is 2.00. The number of thioether (sulfide) groups is 2. The summed E-state index contributed by atoms with van der Waals surface area (Å²) in [4.78, 5) is 4.64. The Labute approximate surface area is 138 Å². The highest BCUT2D eigenvalue weighted by atomic mass is 32.2. The van der Waals surface area contributed by atoms with Gasteiger partial charge in [-0.3, -0.25) is 4.98 Å². The third-order valence-electron chi connectivity index (χ3n) is 4.21. The van der Waals surface area contributed by atoms with E-state index < -0.39 is 0 Å². The Morgan fingerprint density at radius 1 is 1.29 bits per heavy atom. The monoisotopic (exact) mass is 324 g/mol. The van der Waals surface area contributed by atoms with Crippen molar-refractivity contribution < 1.29 is 0 Å². The molecule has 4 atom stereocenters. The lowest BCUT2D eigenvalue weighted by Crippen LogP contribution is -2.44. The van der Waals surface area contributed by atoms with Crippen LogP contribution < -0.4 is 5.32 Å². The van der Waals surface area contributed by atoms with E-state index in [1.807, 2.05) is 6.20 Å². The zero-order chi connectivity index (χ0) is 15.2. The van der Waals surface area contributed by atoms with Gasteiger partial charge in [0.15, 0.2) is 0 Å². The first-order chi connectivity index (χ1) is 10.1. The van der Waals surface area contributed by atoms with Crippen LogP contribution in [0.25, 0.3) is 0 Å². The van der Waals surface area contributed by atoms with E-state index in [9.17, 15) is 0 Å². The van der Waals surface area contributed by atoms with Crippen molar-refractivity contribution in [3.8, 4) is 0 Å². The van der Waals surface area contributed by atoms with E-state index in [0.717, 1.165) is 29.9 Å². The summed E-state index contributed by atoms with van der Waals surface area (Å²) >= 11 is 4.28. The molecule has 21 heavy (non-hydrogen) atoms. The van der Waals surface area contributed by atoms with E-state index in [1.54, 1.807) is 0 Å². The Morgan fingerprint density at radius 3 is 2.67 bits per heavy atom. The second kappa shape index (κ2) is 8.44. The van der Waals surface area contributed by atoms with Crippen molar-refractivity contribution in [2.24, 2.45) is 0 Å². The zero-order valence-electron chi connectivity index (χ0n) is 13.6. The number of aromatic nitrogens is 1. The van der Waals surface area contributed by atoms with Crippen LogP contribution in [0.5, 0.6) is 0 Å². The van der Waals surface area contributed by atoms with Crippen molar-refractivity contribution in [2.45, 2.75) is 62.3 Å². The van der Waals surface area contributed by atoms with E-state index in [4.69, 9.17) is 0 Å². The maximum absolute atomic E-state index is 4.64. The van der Waals surface area contributed by atoms with Crippen LogP contribution in [0.15, 0.2) is 18.3 Å². The van der Waals surface area contributed by atoms with Gasteiger partial charge < -0.3 is 5.32 Å². The molecular formula is C17H28N2S2. The summed E-state index contributed by atoms with van der Waals surface area (Å²) in [6.45, 7) is 10.1. The Morgan fingerprint density at radius 2 is 2.10 bits per heavy atom. The quantitative estimate of drug-likeness (QED) is 0.860. The molecule has 1 N–H and O–H groups in total. The fourth-order valence-electron chi connectivity index (χ4n) is 2.63. The lowest BCUT2D eigenvalue weighted by atomic mass is 10.1. The number of likely N-dealkylation sites (N-methyl/N-ethyl adjacent to an activating group) is 1. The summed E-state index contributed by atoms with van der Waals surface area (Å²) < 4.78 is 0. The summed E-state index contributed by atoms with van der Waals surface area (Å²) in [6.07, 6.45) is 4.14. The molecule has 4 unspecified atom stereocenters. The lowest BCUT2D eigenvalue weighted by Gasteiger charge is -2.36. The van der Waals surface area contributed by atoms with Crippen molar-refractivity contribution in [2.75, 3.05) is 12.3 Å². The smallest absolute Gasteiger partial charge is 0.0419 e. The summed E-state index contributed by atoms with van der Waals surface area (Å²) in [5, 5.41) is 5.89. The van der Waals surface area contributed by atoms with Gasteiger partial charge in [0.05, 0.1) is 0 Å². The molecule has 1 aliphatic rings. The average molecular weight is 325 g/mol. The van der Waals surface area contributed by atoms with E-state index in [-0.39, 0.29) is 0 Å². The molecule has 0 aliphatic carbocycles. The van der Waals surface area contributed by atoms with Crippen LogP contribution >= 0.6 is 23.5 Å². The molecular weight excluding hydrogens is 296 g/mol. The Hall–Kier alpha value is -0.190. The minimum atomic E-state index is 0.530. The fraction of sp³-hybridized carbons (Fsp3) is 0.706. The molecule has 118 valence electrons. The average Bonchev–Trinajstić information content (AvgIpc) is 2.50. The molecule has 0 aromatic carbocycles. The molecule has 2 nitrogen and oxygen atoms in total. The van der Waals surface area contributed by atoms with Crippen LogP contribution in [0.1, 0.15) is 39.0 Å². The van der Waals surface area contributed by atoms with Crippen LogP contribution in [0, 0.1) is 0 Å². The van der Waals surface area contributed by atoms with Crippen molar-refractivity contribution >= 4 is 23.5 Å². The van der Waals surface area contributed by atoms with Gasteiger partial charge in [-0.2, -0.15) is 23.5 Å². The highest BCUT2D eigenvalue weighted by Crippen LogP contribution is 2.37. The number of pyridine rings is 1. The molecule has 2 rings (SSSR count). The number of hydrogen-bond donors (Lipinski definition) is 1. The van der Waals surface area contributed by atoms with Gasteiger partial charge in [0.1, 0.15) is 0 Å². The van der Waals surface area contributed by atoms with Gasteiger partial charge in [0.2, 0.25) is 0 Å². The number of aryl methyl sites for hydroxylation is 1. The number of hydrogen-bond acceptors (Lipinski definition) is 4. The van der Waals surface area contributed by atoms with E-state index in [1.165, 1.54) is 17.0 Å². The molecule has 1 saturated heterocycles. The molecule has 4 heteroatoms. The second-order valence-electron chi connectivity index (χ2n) is 5.80. The van der Waals surface area contributed by atoms with Crippen LogP contribution in [0.3, 0.4) is 0 Å². The standard InChI is InChI=1S/C17H28N2S2/c1-5-14-7-8-15(19-10-14)9-16(18-6-2)17-11-20-12(3)13(4)21-17/h7-8,10,12-13,16-18H,5-6,9,11H2,1-4H3. The molecule has 1 fully saturated rings. The Bertz CT molecular complexity index is 421. The van der Waals surface area contributed by atoms with Crippen LogP contribution in [-0.2, 0) is 12.8 Å². The molecule has 0 spiro atoms. The van der Waals surface area contributed by atoms with Crippen molar-refractivity contribution in [3.05, 3.63) is 29.6 Å². The normalized spacial score (nSPS) is 27.5. The predicted octanol–water partition coefficient (Wildman–Crippen LogP) is 3.79. The maximum atomic E-state index is 4.64. The van der Waals surface area contributed by atoms with Crippen LogP contribution in [0.2, 0.25) is 0 Å². The highest BCUT2D eigenvalue weighted by molar-refractivity contribution is 8.07. The molecule has 0 saturated carbocycles. The molecule has 1 aromatic rings. The molecule has 0 radical (unpaired) electrons. The van der Waals surface area contributed by atoms with Crippen LogP contribution in [-0.4, -0.2) is 39.1 Å². The van der Waals surface area contributed by atoms with Gasteiger partial charge in [-0.1, -0.05) is 33.8 Å². The topological polar surface area (TPSA) is 24.9 Å². The van der Waals surface area contributed by atoms with Gasteiger partial charge >= 0.3 is 0 Å². The number of nitrogens with zero attached hydrogens (tertiary/aromatic N) is 1. The van der Waals surface area contributed by atoms with Crippen molar-refractivity contribution in [1.82, 2.24) is 10.3 Å². The van der Waals surface area contributed by atoms with Crippen molar-refractivity contribution in [1.29, 1.82) is 0 Å². The van der Waals surface area contributed by atoms with Gasteiger partial charge in [-0.25, -0.2) is 0 Å². The van der Waals surface area contributed by atoms with Gasteiger partial charge in [0.25, 0.3) is 0 Å². The van der Waals surface area contributed by atoms with Gasteiger partial charge in [-0.05, 0) is 24.6 Å². The third kappa shape index (κ3) is 4.90. The number of nitrogens with one attached hydrogen (secondary N) is 1. The second-order valence-corrected chi connectivity index (χ2v) is 8.83. The van der Waals surface area contributed by atoms with E-state index in [0.29, 0.717) is 11.3 Å². The molecule has 1 aliphatic heterocycles. The van der Waals surface area contributed by atoms with E-state index >= 15 is 0 Å². The first-order valence-electron chi connectivity index (χ1n) is 8.08. The van der Waals surface area contributed by atoms with Gasteiger partial charge in [-0.15, -0.1) is 0 Å². The minimum Gasteiger partial charge on any atom is -0.313 e. The third-order valence-corrected chi connectivity index (χ3v) is 7.76. The van der Waals surface area contributed by atoms with Gasteiger partial charge in [0, 0.05) is 45.9 Å². The van der Waals surface area contributed by atoms with Crippen molar-refractivity contribution in [3.63, 3.8) is 0 Å². The summed E-state index contributed by atoms with van der Waals surface area (Å²) in [5.41, 5.74) is 2.54. The molecule has 2 heterocycles. The minimum absolute atomic E-state index is 0.530. The Kier molecular flexibility index (Phi) is 6.90. The van der Waals surface area contributed by atoms with E-state index in [2.05, 4.69) is 73.7 Å².